The number of rotatable bonds is 8. The highest BCUT2D eigenvalue weighted by Gasteiger charge is 2.19. The number of aromatic nitrogens is 2. The maximum Gasteiger partial charge on any atom is 0.251 e. The number of aromatic amines is 1. The fraction of sp³-hybridized carbons (Fsp3) is 0.300. The van der Waals surface area contributed by atoms with Crippen LogP contribution in [-0.4, -0.2) is 42.6 Å². The molecule has 148 valence electrons. The van der Waals surface area contributed by atoms with Gasteiger partial charge in [0.15, 0.2) is 9.84 Å². The third kappa shape index (κ3) is 5.36. The summed E-state index contributed by atoms with van der Waals surface area (Å²) in [6, 6.07) is 14.2. The van der Waals surface area contributed by atoms with E-state index in [0.717, 1.165) is 29.0 Å². The number of benzene rings is 2. The van der Waals surface area contributed by atoms with E-state index in [1.54, 1.807) is 36.0 Å². The van der Waals surface area contributed by atoms with Gasteiger partial charge in [-0.1, -0.05) is 24.3 Å². The smallest absolute Gasteiger partial charge is 0.251 e. The Morgan fingerprint density at radius 1 is 1.21 bits per heavy atom. The van der Waals surface area contributed by atoms with Gasteiger partial charge in [0.2, 0.25) is 0 Å². The molecule has 1 amide bonds. The standard InChI is InChI=1S/C20H23N3O3S2/c1-27-11-10-18(19-21-16-8-3-4-9-17(16)22-19)23-20(24)15-7-5-6-14(12-15)13-28(2,25)26/h3-9,12,18H,10-11,13H2,1-2H3,(H,21,22)(H,23,24)/t18-/m0/s1. The fourth-order valence-corrected chi connectivity index (χ4v) is 4.25. The van der Waals surface area contributed by atoms with Crippen LogP contribution in [0.15, 0.2) is 48.5 Å². The zero-order valence-corrected chi connectivity index (χ0v) is 17.4. The molecule has 0 fully saturated rings. The monoisotopic (exact) mass is 417 g/mol. The average molecular weight is 418 g/mol. The quantitative estimate of drug-likeness (QED) is 0.587. The molecule has 0 saturated heterocycles. The van der Waals surface area contributed by atoms with E-state index in [1.807, 2.05) is 30.5 Å². The number of sulfone groups is 1. The Kier molecular flexibility index (Phi) is 6.41. The summed E-state index contributed by atoms with van der Waals surface area (Å²) in [5, 5.41) is 3.04. The van der Waals surface area contributed by atoms with Gasteiger partial charge in [0.05, 0.1) is 22.8 Å². The van der Waals surface area contributed by atoms with Crippen LogP contribution in [0, 0.1) is 0 Å². The molecule has 0 bridgehead atoms. The van der Waals surface area contributed by atoms with Crippen LogP contribution in [0.2, 0.25) is 0 Å². The molecule has 3 rings (SSSR count). The molecule has 28 heavy (non-hydrogen) atoms. The Labute approximate surface area is 169 Å². The molecule has 1 aromatic heterocycles. The summed E-state index contributed by atoms with van der Waals surface area (Å²) in [7, 11) is -3.16. The third-order valence-electron chi connectivity index (χ3n) is 4.27. The van der Waals surface area contributed by atoms with E-state index in [9.17, 15) is 13.2 Å². The van der Waals surface area contributed by atoms with Gasteiger partial charge in [-0.25, -0.2) is 13.4 Å². The van der Waals surface area contributed by atoms with Crippen molar-refractivity contribution in [1.29, 1.82) is 0 Å². The molecule has 2 N–H and O–H groups in total. The Hall–Kier alpha value is -2.32. The van der Waals surface area contributed by atoms with E-state index in [0.29, 0.717) is 11.1 Å². The van der Waals surface area contributed by atoms with Crippen LogP contribution in [0.5, 0.6) is 0 Å². The molecule has 0 spiro atoms. The van der Waals surface area contributed by atoms with Crippen LogP contribution in [0.4, 0.5) is 0 Å². The van der Waals surface area contributed by atoms with Crippen molar-refractivity contribution in [3.05, 3.63) is 65.5 Å². The summed E-state index contributed by atoms with van der Waals surface area (Å²) >= 11 is 1.70. The predicted octanol–water partition coefficient (Wildman–Crippen LogP) is 3.33. The van der Waals surface area contributed by atoms with Crippen LogP contribution in [-0.2, 0) is 15.6 Å². The number of fused-ring (bicyclic) bond motifs is 1. The van der Waals surface area contributed by atoms with Gasteiger partial charge in [0, 0.05) is 11.8 Å². The molecule has 0 radical (unpaired) electrons. The lowest BCUT2D eigenvalue weighted by Gasteiger charge is -2.16. The molecule has 2 aromatic carbocycles. The number of thioether (sulfide) groups is 1. The fourth-order valence-electron chi connectivity index (χ4n) is 3.00. The lowest BCUT2D eigenvalue weighted by Crippen LogP contribution is -2.30. The summed E-state index contributed by atoms with van der Waals surface area (Å²) < 4.78 is 23.1. The van der Waals surface area contributed by atoms with Gasteiger partial charge >= 0.3 is 0 Å². The van der Waals surface area contributed by atoms with Gasteiger partial charge in [-0.3, -0.25) is 4.79 Å². The number of carbonyl (C=O) groups excluding carboxylic acids is 1. The minimum Gasteiger partial charge on any atom is -0.342 e. The van der Waals surface area contributed by atoms with Crippen LogP contribution < -0.4 is 5.32 Å². The number of nitrogens with zero attached hydrogens (tertiary/aromatic N) is 1. The van der Waals surface area contributed by atoms with Crippen molar-refractivity contribution in [2.45, 2.75) is 18.2 Å². The number of imidazole rings is 1. The maximum absolute atomic E-state index is 12.8. The van der Waals surface area contributed by atoms with Gasteiger partial charge < -0.3 is 10.3 Å². The first-order valence-corrected chi connectivity index (χ1v) is 12.3. The molecule has 0 saturated carbocycles. The van der Waals surface area contributed by atoms with Crippen molar-refractivity contribution in [3.8, 4) is 0 Å². The third-order valence-corrected chi connectivity index (χ3v) is 5.77. The molecule has 8 heteroatoms. The predicted molar refractivity (Wildman–Crippen MR) is 114 cm³/mol. The molecule has 0 aliphatic rings. The second-order valence-electron chi connectivity index (χ2n) is 6.72. The average Bonchev–Trinajstić information content (AvgIpc) is 3.07. The molecule has 1 heterocycles. The van der Waals surface area contributed by atoms with Crippen LogP contribution in [0.25, 0.3) is 11.0 Å². The Morgan fingerprint density at radius 3 is 2.71 bits per heavy atom. The number of para-hydroxylation sites is 2. The number of nitrogens with one attached hydrogen (secondary N) is 2. The van der Waals surface area contributed by atoms with Gasteiger partial charge in [0.1, 0.15) is 5.82 Å². The lowest BCUT2D eigenvalue weighted by molar-refractivity contribution is 0.0934. The van der Waals surface area contributed by atoms with Gasteiger partial charge in [-0.2, -0.15) is 11.8 Å². The van der Waals surface area contributed by atoms with Crippen molar-refractivity contribution in [3.63, 3.8) is 0 Å². The summed E-state index contributed by atoms with van der Waals surface area (Å²) in [5.41, 5.74) is 2.82. The van der Waals surface area contributed by atoms with E-state index in [1.165, 1.54) is 6.26 Å². The van der Waals surface area contributed by atoms with Crippen molar-refractivity contribution >= 4 is 38.5 Å². The largest absolute Gasteiger partial charge is 0.342 e. The first-order valence-electron chi connectivity index (χ1n) is 8.87. The summed E-state index contributed by atoms with van der Waals surface area (Å²) in [4.78, 5) is 20.7. The zero-order chi connectivity index (χ0) is 20.1. The molecule has 6 nitrogen and oxygen atoms in total. The summed E-state index contributed by atoms with van der Waals surface area (Å²) in [5.74, 6) is 1.25. The van der Waals surface area contributed by atoms with E-state index in [4.69, 9.17) is 0 Å². The molecular weight excluding hydrogens is 394 g/mol. The Morgan fingerprint density at radius 2 is 2.00 bits per heavy atom. The number of hydrogen-bond acceptors (Lipinski definition) is 5. The van der Waals surface area contributed by atoms with Crippen LogP contribution in [0.3, 0.4) is 0 Å². The molecule has 1 atom stereocenters. The first-order chi connectivity index (χ1) is 13.4. The normalized spacial score (nSPS) is 12.8. The van der Waals surface area contributed by atoms with Crippen molar-refractivity contribution in [1.82, 2.24) is 15.3 Å². The van der Waals surface area contributed by atoms with E-state index in [2.05, 4.69) is 15.3 Å². The van der Waals surface area contributed by atoms with Crippen molar-refractivity contribution in [2.24, 2.45) is 0 Å². The maximum atomic E-state index is 12.8. The van der Waals surface area contributed by atoms with E-state index >= 15 is 0 Å². The summed E-state index contributed by atoms with van der Waals surface area (Å²) in [6.45, 7) is 0. The zero-order valence-electron chi connectivity index (χ0n) is 15.8. The van der Waals surface area contributed by atoms with Crippen molar-refractivity contribution < 1.29 is 13.2 Å². The highest BCUT2D eigenvalue weighted by molar-refractivity contribution is 7.98. The number of H-pyrrole nitrogens is 1. The number of hydrogen-bond donors (Lipinski definition) is 2. The number of amides is 1. The lowest BCUT2D eigenvalue weighted by atomic mass is 10.1. The molecule has 0 aliphatic carbocycles. The molecule has 0 unspecified atom stereocenters. The second-order valence-corrected chi connectivity index (χ2v) is 9.84. The van der Waals surface area contributed by atoms with E-state index < -0.39 is 9.84 Å². The molecular formula is C20H23N3O3S2. The minimum absolute atomic E-state index is 0.0897. The van der Waals surface area contributed by atoms with Crippen molar-refractivity contribution in [2.75, 3.05) is 18.3 Å². The molecule has 0 aliphatic heterocycles. The highest BCUT2D eigenvalue weighted by Crippen LogP contribution is 2.21. The minimum atomic E-state index is -3.16. The highest BCUT2D eigenvalue weighted by atomic mass is 32.2. The summed E-state index contributed by atoms with van der Waals surface area (Å²) in [6.07, 6.45) is 3.93. The number of carbonyl (C=O) groups is 1. The van der Waals surface area contributed by atoms with Crippen LogP contribution >= 0.6 is 11.8 Å². The van der Waals surface area contributed by atoms with Gasteiger partial charge in [-0.15, -0.1) is 0 Å². The van der Waals surface area contributed by atoms with Gasteiger partial charge in [-0.05, 0) is 48.3 Å². The van der Waals surface area contributed by atoms with E-state index in [-0.39, 0.29) is 17.7 Å². The Bertz CT molecular complexity index is 1040. The molecule has 3 aromatic rings. The van der Waals surface area contributed by atoms with Crippen LogP contribution in [0.1, 0.15) is 34.2 Å². The first kappa shape index (κ1) is 20.4. The second kappa shape index (κ2) is 8.79. The SMILES string of the molecule is CSCC[C@H](NC(=O)c1cccc(CS(C)(=O)=O)c1)c1nc2ccccc2[nH]1. The van der Waals surface area contributed by atoms with Gasteiger partial charge in [0.25, 0.3) is 5.91 Å². The topological polar surface area (TPSA) is 91.9 Å². The Balaban J connectivity index is 1.82.